The van der Waals surface area contributed by atoms with Gasteiger partial charge in [0.05, 0.1) is 15.7 Å². The van der Waals surface area contributed by atoms with Crippen LogP contribution in [0.15, 0.2) is 40.3 Å². The number of carbonyl (C=O) groups excluding carboxylic acids is 1. The van der Waals surface area contributed by atoms with Gasteiger partial charge in [0.2, 0.25) is 0 Å². The van der Waals surface area contributed by atoms with E-state index in [9.17, 15) is 4.79 Å². The van der Waals surface area contributed by atoms with Crippen molar-refractivity contribution in [3.63, 3.8) is 0 Å². The molecule has 0 aliphatic heterocycles. The van der Waals surface area contributed by atoms with Crippen LogP contribution in [0.2, 0.25) is 0 Å². The maximum atomic E-state index is 11.2. The zero-order chi connectivity index (χ0) is 11.8. The molecule has 0 amide bonds. The highest BCUT2D eigenvalue weighted by Crippen LogP contribution is 2.27. The first kappa shape index (κ1) is 10.2. The number of furan rings is 1. The maximum Gasteiger partial charge on any atom is 0.194 e. The minimum absolute atomic E-state index is 0.0601. The molecule has 3 rings (SSSR count). The molecule has 0 spiro atoms. The van der Waals surface area contributed by atoms with Crippen LogP contribution in [0.5, 0.6) is 0 Å². The lowest BCUT2D eigenvalue weighted by Gasteiger charge is -1.96. The second-order valence-corrected chi connectivity index (χ2v) is 4.64. The summed E-state index contributed by atoms with van der Waals surface area (Å²) in [5, 5.41) is 0. The molecule has 0 bridgehead atoms. The predicted molar refractivity (Wildman–Crippen MR) is 67.3 cm³/mol. The van der Waals surface area contributed by atoms with Crippen molar-refractivity contribution in [3.8, 4) is 11.3 Å². The van der Waals surface area contributed by atoms with Gasteiger partial charge in [0.15, 0.2) is 11.5 Å². The fourth-order valence-electron chi connectivity index (χ4n) is 1.69. The molecule has 0 fully saturated rings. The molecule has 4 heteroatoms. The second kappa shape index (κ2) is 3.82. The van der Waals surface area contributed by atoms with Crippen molar-refractivity contribution in [1.82, 2.24) is 4.98 Å². The lowest BCUT2D eigenvalue weighted by atomic mass is 10.2. The highest BCUT2D eigenvalue weighted by atomic mass is 32.1. The van der Waals surface area contributed by atoms with Gasteiger partial charge in [0, 0.05) is 12.5 Å². The number of hydrogen-bond donors (Lipinski definition) is 0. The SMILES string of the molecule is CC(=O)c1ccc(-c2ccc3ncsc3c2)o1. The monoisotopic (exact) mass is 243 g/mol. The van der Waals surface area contributed by atoms with Gasteiger partial charge in [0.1, 0.15) is 5.76 Å². The van der Waals surface area contributed by atoms with Crippen molar-refractivity contribution in [2.45, 2.75) is 6.92 Å². The van der Waals surface area contributed by atoms with Crippen molar-refractivity contribution >= 4 is 27.3 Å². The van der Waals surface area contributed by atoms with Gasteiger partial charge in [-0.05, 0) is 30.3 Å². The van der Waals surface area contributed by atoms with Crippen LogP contribution in [-0.2, 0) is 0 Å². The highest BCUT2D eigenvalue weighted by molar-refractivity contribution is 7.16. The number of ketones is 1. The molecule has 0 unspecified atom stereocenters. The van der Waals surface area contributed by atoms with Crippen molar-refractivity contribution in [2.24, 2.45) is 0 Å². The van der Waals surface area contributed by atoms with E-state index in [0.29, 0.717) is 11.5 Å². The Morgan fingerprint density at radius 2 is 2.18 bits per heavy atom. The number of nitrogens with zero attached hydrogens (tertiary/aromatic N) is 1. The van der Waals surface area contributed by atoms with Crippen LogP contribution in [0.3, 0.4) is 0 Å². The molecule has 3 aromatic rings. The minimum Gasteiger partial charge on any atom is -0.453 e. The summed E-state index contributed by atoms with van der Waals surface area (Å²) in [5.74, 6) is 1.05. The van der Waals surface area contributed by atoms with Crippen LogP contribution in [0.25, 0.3) is 21.5 Å². The molecule has 17 heavy (non-hydrogen) atoms. The Morgan fingerprint density at radius 3 is 2.94 bits per heavy atom. The molecule has 0 aliphatic carbocycles. The van der Waals surface area contributed by atoms with E-state index in [0.717, 1.165) is 15.8 Å². The standard InChI is InChI=1S/C13H9NO2S/c1-8(15)11-4-5-12(16-11)9-2-3-10-13(6-9)17-7-14-10/h2-7H,1H3. The summed E-state index contributed by atoms with van der Waals surface area (Å²) >= 11 is 1.59. The van der Waals surface area contributed by atoms with E-state index in [1.54, 1.807) is 17.4 Å². The summed E-state index contributed by atoms with van der Waals surface area (Å²) in [4.78, 5) is 15.4. The first-order valence-corrected chi connectivity index (χ1v) is 6.06. The average Bonchev–Trinajstić information content (AvgIpc) is 2.97. The summed E-state index contributed by atoms with van der Waals surface area (Å²) in [6.45, 7) is 1.50. The topological polar surface area (TPSA) is 43.1 Å². The quantitative estimate of drug-likeness (QED) is 0.643. The van der Waals surface area contributed by atoms with Crippen LogP contribution in [0, 0.1) is 0 Å². The summed E-state index contributed by atoms with van der Waals surface area (Å²) in [5.41, 5.74) is 3.77. The summed E-state index contributed by atoms with van der Waals surface area (Å²) in [6.07, 6.45) is 0. The van der Waals surface area contributed by atoms with Crippen LogP contribution in [0.4, 0.5) is 0 Å². The molecule has 2 heterocycles. The van der Waals surface area contributed by atoms with E-state index in [1.807, 2.05) is 29.8 Å². The van der Waals surface area contributed by atoms with E-state index < -0.39 is 0 Å². The first-order valence-electron chi connectivity index (χ1n) is 5.18. The van der Waals surface area contributed by atoms with Gasteiger partial charge < -0.3 is 4.42 Å². The normalized spacial score (nSPS) is 10.9. The number of hydrogen-bond acceptors (Lipinski definition) is 4. The Kier molecular flexibility index (Phi) is 2.30. The van der Waals surface area contributed by atoms with E-state index in [-0.39, 0.29) is 5.78 Å². The Hall–Kier alpha value is -1.94. The van der Waals surface area contributed by atoms with Gasteiger partial charge in [-0.15, -0.1) is 11.3 Å². The number of thiazole rings is 1. The lowest BCUT2D eigenvalue weighted by Crippen LogP contribution is -1.86. The first-order chi connectivity index (χ1) is 8.24. The molecule has 0 radical (unpaired) electrons. The third kappa shape index (κ3) is 1.76. The van der Waals surface area contributed by atoms with Gasteiger partial charge in [-0.3, -0.25) is 4.79 Å². The van der Waals surface area contributed by atoms with Crippen LogP contribution in [0.1, 0.15) is 17.5 Å². The Balaban J connectivity index is 2.09. The lowest BCUT2D eigenvalue weighted by molar-refractivity contribution is 0.0988. The van der Waals surface area contributed by atoms with Crippen molar-refractivity contribution < 1.29 is 9.21 Å². The Morgan fingerprint density at radius 1 is 1.29 bits per heavy atom. The summed E-state index contributed by atoms with van der Waals surface area (Å²) in [6, 6.07) is 9.45. The molecule has 0 saturated carbocycles. The molecule has 0 atom stereocenters. The third-order valence-electron chi connectivity index (χ3n) is 2.57. The van der Waals surface area contributed by atoms with E-state index in [2.05, 4.69) is 4.98 Å². The van der Waals surface area contributed by atoms with E-state index in [4.69, 9.17) is 4.42 Å². The predicted octanol–water partition coefficient (Wildman–Crippen LogP) is 3.76. The average molecular weight is 243 g/mol. The van der Waals surface area contributed by atoms with Crippen LogP contribution < -0.4 is 0 Å². The molecule has 0 aliphatic rings. The molecule has 3 nitrogen and oxygen atoms in total. The molecule has 2 aromatic heterocycles. The fraction of sp³-hybridized carbons (Fsp3) is 0.0769. The Labute approximate surface area is 102 Å². The number of rotatable bonds is 2. The smallest absolute Gasteiger partial charge is 0.194 e. The second-order valence-electron chi connectivity index (χ2n) is 3.75. The largest absolute Gasteiger partial charge is 0.453 e. The zero-order valence-corrected chi connectivity index (χ0v) is 9.95. The van der Waals surface area contributed by atoms with Gasteiger partial charge in [-0.1, -0.05) is 0 Å². The number of benzene rings is 1. The molecular weight excluding hydrogens is 234 g/mol. The van der Waals surface area contributed by atoms with Gasteiger partial charge >= 0.3 is 0 Å². The number of fused-ring (bicyclic) bond motifs is 1. The van der Waals surface area contributed by atoms with Crippen molar-refractivity contribution in [2.75, 3.05) is 0 Å². The summed E-state index contributed by atoms with van der Waals surface area (Å²) in [7, 11) is 0. The number of Topliss-reactive ketones (excluding diaryl/α,β-unsaturated/α-hetero) is 1. The molecule has 0 N–H and O–H groups in total. The molecule has 84 valence electrons. The van der Waals surface area contributed by atoms with Crippen LogP contribution in [-0.4, -0.2) is 10.8 Å². The fourth-order valence-corrected chi connectivity index (χ4v) is 2.41. The highest BCUT2D eigenvalue weighted by Gasteiger charge is 2.08. The molecular formula is C13H9NO2S. The number of carbonyl (C=O) groups is 1. The van der Waals surface area contributed by atoms with E-state index in [1.165, 1.54) is 6.92 Å². The maximum absolute atomic E-state index is 11.2. The summed E-state index contributed by atoms with van der Waals surface area (Å²) < 4.78 is 6.61. The molecule has 0 saturated heterocycles. The van der Waals surface area contributed by atoms with E-state index >= 15 is 0 Å². The minimum atomic E-state index is -0.0601. The van der Waals surface area contributed by atoms with Crippen molar-refractivity contribution in [1.29, 1.82) is 0 Å². The third-order valence-corrected chi connectivity index (χ3v) is 3.36. The van der Waals surface area contributed by atoms with Crippen LogP contribution >= 0.6 is 11.3 Å². The zero-order valence-electron chi connectivity index (χ0n) is 9.14. The molecule has 1 aromatic carbocycles. The van der Waals surface area contributed by atoms with Gasteiger partial charge in [-0.25, -0.2) is 4.98 Å². The van der Waals surface area contributed by atoms with Gasteiger partial charge in [0.25, 0.3) is 0 Å². The van der Waals surface area contributed by atoms with Crippen molar-refractivity contribution in [3.05, 3.63) is 41.6 Å². The van der Waals surface area contributed by atoms with Gasteiger partial charge in [-0.2, -0.15) is 0 Å². The Bertz CT molecular complexity index is 696. The number of aromatic nitrogens is 1.